The van der Waals surface area contributed by atoms with Crippen LogP contribution in [0.2, 0.25) is 0 Å². The molecule has 0 radical (unpaired) electrons. The van der Waals surface area contributed by atoms with Gasteiger partial charge in [-0.15, -0.1) is 0 Å². The molecule has 3 heterocycles. The molecule has 0 bridgehead atoms. The molecular weight excluding hydrogens is 416 g/mol. The Kier molecular flexibility index (Phi) is 5.92. The topological polar surface area (TPSA) is 94.4 Å². The van der Waals surface area contributed by atoms with Gasteiger partial charge in [-0.1, -0.05) is 12.1 Å². The van der Waals surface area contributed by atoms with E-state index < -0.39 is 10.0 Å². The highest BCUT2D eigenvalue weighted by molar-refractivity contribution is 7.89. The van der Waals surface area contributed by atoms with Crippen LogP contribution in [0.1, 0.15) is 33.7 Å². The minimum Gasteiger partial charge on any atom is -0.379 e. The van der Waals surface area contributed by atoms with E-state index in [1.54, 1.807) is 28.9 Å². The maximum Gasteiger partial charge on any atom is 0.243 e. The summed E-state index contributed by atoms with van der Waals surface area (Å²) in [6.07, 6.45) is 0.849. The van der Waals surface area contributed by atoms with Crippen LogP contribution in [-0.2, 0) is 28.2 Å². The van der Waals surface area contributed by atoms with Gasteiger partial charge in [-0.05, 0) is 44.0 Å². The smallest absolute Gasteiger partial charge is 0.243 e. The lowest BCUT2D eigenvalue weighted by Crippen LogP contribution is -2.40. The second kappa shape index (κ2) is 8.49. The fraction of sp³-hybridized carbons (Fsp3) is 0.409. The molecule has 0 unspecified atom stereocenters. The summed E-state index contributed by atoms with van der Waals surface area (Å²) in [5, 5.41) is 5.19. The molecule has 0 atom stereocenters. The number of ether oxygens (including phenoxy) is 1. The van der Waals surface area contributed by atoms with Crippen molar-refractivity contribution < 1.29 is 17.9 Å². The SMILES string of the molecule is Cc1cc(C(=O)CCc2ccc(S(=O)(=O)N3CCOCC3)cc2)c2c(C)nn(C)c2n1. The van der Waals surface area contributed by atoms with Crippen LogP contribution < -0.4 is 0 Å². The molecule has 0 amide bonds. The molecular formula is C22H26N4O4S. The number of aromatic nitrogens is 3. The van der Waals surface area contributed by atoms with Gasteiger partial charge >= 0.3 is 0 Å². The van der Waals surface area contributed by atoms with Crippen LogP contribution >= 0.6 is 0 Å². The van der Waals surface area contributed by atoms with Crippen molar-refractivity contribution in [1.82, 2.24) is 19.1 Å². The number of benzene rings is 1. The molecule has 164 valence electrons. The van der Waals surface area contributed by atoms with E-state index in [2.05, 4.69) is 10.1 Å². The molecule has 1 aliphatic heterocycles. The molecule has 31 heavy (non-hydrogen) atoms. The summed E-state index contributed by atoms with van der Waals surface area (Å²) in [6.45, 7) is 5.31. The van der Waals surface area contributed by atoms with Crippen LogP contribution in [0.4, 0.5) is 0 Å². The first-order valence-electron chi connectivity index (χ1n) is 10.3. The Morgan fingerprint density at radius 2 is 1.81 bits per heavy atom. The summed E-state index contributed by atoms with van der Waals surface area (Å²) in [5.41, 5.74) is 3.82. The predicted octanol–water partition coefficient (Wildman–Crippen LogP) is 2.42. The van der Waals surface area contributed by atoms with Crippen LogP contribution in [0.15, 0.2) is 35.2 Å². The summed E-state index contributed by atoms with van der Waals surface area (Å²) in [6, 6.07) is 8.61. The molecule has 8 nitrogen and oxygen atoms in total. The van der Waals surface area contributed by atoms with Gasteiger partial charge in [0.1, 0.15) is 0 Å². The third kappa shape index (κ3) is 4.26. The number of fused-ring (bicyclic) bond motifs is 1. The number of hydrogen-bond acceptors (Lipinski definition) is 6. The molecule has 1 fully saturated rings. The van der Waals surface area contributed by atoms with Crippen molar-refractivity contribution in [2.45, 2.75) is 31.6 Å². The van der Waals surface area contributed by atoms with Crippen molar-refractivity contribution in [2.75, 3.05) is 26.3 Å². The number of hydrogen-bond donors (Lipinski definition) is 0. The van der Waals surface area contributed by atoms with Gasteiger partial charge in [-0.2, -0.15) is 9.40 Å². The third-order valence-electron chi connectivity index (χ3n) is 5.57. The Bertz CT molecular complexity index is 1230. The van der Waals surface area contributed by atoms with E-state index in [0.717, 1.165) is 22.3 Å². The van der Waals surface area contributed by atoms with Crippen LogP contribution in [0, 0.1) is 13.8 Å². The number of rotatable bonds is 6. The van der Waals surface area contributed by atoms with E-state index in [9.17, 15) is 13.2 Å². The molecule has 2 aromatic heterocycles. The summed E-state index contributed by atoms with van der Waals surface area (Å²) in [4.78, 5) is 17.8. The Hall–Kier alpha value is -2.62. The van der Waals surface area contributed by atoms with Gasteiger partial charge in [0.15, 0.2) is 11.4 Å². The van der Waals surface area contributed by atoms with Gasteiger partial charge in [-0.3, -0.25) is 9.48 Å². The molecule has 0 saturated carbocycles. The zero-order chi connectivity index (χ0) is 22.2. The molecule has 1 aliphatic rings. The lowest BCUT2D eigenvalue weighted by molar-refractivity contribution is 0.0730. The van der Waals surface area contributed by atoms with Gasteiger partial charge < -0.3 is 4.74 Å². The number of pyridine rings is 1. The van der Waals surface area contributed by atoms with Gasteiger partial charge in [0.2, 0.25) is 10.0 Å². The maximum absolute atomic E-state index is 13.0. The van der Waals surface area contributed by atoms with Crippen LogP contribution in [0.25, 0.3) is 11.0 Å². The number of Topliss-reactive ketones (excluding diaryl/α,β-unsaturated/α-hetero) is 1. The Morgan fingerprint density at radius 1 is 1.13 bits per heavy atom. The average Bonchev–Trinajstić information content (AvgIpc) is 3.05. The molecule has 3 aromatic rings. The fourth-order valence-electron chi connectivity index (χ4n) is 3.95. The Balaban J connectivity index is 1.49. The number of morpholine rings is 1. The van der Waals surface area contributed by atoms with E-state index in [1.807, 2.05) is 27.0 Å². The Morgan fingerprint density at radius 3 is 2.48 bits per heavy atom. The normalized spacial score (nSPS) is 15.5. The quantitative estimate of drug-likeness (QED) is 0.544. The van der Waals surface area contributed by atoms with Crippen molar-refractivity contribution in [3.63, 3.8) is 0 Å². The molecule has 4 rings (SSSR count). The van der Waals surface area contributed by atoms with Gasteiger partial charge in [0, 0.05) is 37.8 Å². The lowest BCUT2D eigenvalue weighted by atomic mass is 10.00. The van der Waals surface area contributed by atoms with Crippen LogP contribution in [0.3, 0.4) is 0 Å². The summed E-state index contributed by atoms with van der Waals surface area (Å²) in [5.74, 6) is 0.0246. The van der Waals surface area contributed by atoms with Gasteiger partial charge in [0.05, 0.1) is 29.2 Å². The number of sulfonamides is 1. The highest BCUT2D eigenvalue weighted by Crippen LogP contribution is 2.24. The number of nitrogens with zero attached hydrogens (tertiary/aromatic N) is 4. The largest absolute Gasteiger partial charge is 0.379 e. The highest BCUT2D eigenvalue weighted by Gasteiger charge is 2.26. The first-order chi connectivity index (χ1) is 14.8. The van der Waals surface area contributed by atoms with Crippen molar-refractivity contribution in [1.29, 1.82) is 0 Å². The molecule has 0 N–H and O–H groups in total. The van der Waals surface area contributed by atoms with Crippen molar-refractivity contribution >= 4 is 26.8 Å². The van der Waals surface area contributed by atoms with E-state index in [0.29, 0.717) is 50.4 Å². The molecule has 0 spiro atoms. The standard InChI is InChI=1S/C22H26N4O4S/c1-15-14-19(21-16(2)24-25(3)22(21)23-15)20(27)9-6-17-4-7-18(8-5-17)31(28,29)26-10-12-30-13-11-26/h4-5,7-8,14H,6,9-13H2,1-3H3. The van der Waals surface area contributed by atoms with Crippen molar-refractivity contribution in [3.8, 4) is 0 Å². The predicted molar refractivity (Wildman–Crippen MR) is 117 cm³/mol. The number of ketones is 1. The minimum absolute atomic E-state index is 0.0246. The maximum atomic E-state index is 13.0. The molecule has 1 saturated heterocycles. The first-order valence-corrected chi connectivity index (χ1v) is 11.7. The number of carbonyl (C=O) groups excluding carboxylic acids is 1. The summed E-state index contributed by atoms with van der Waals surface area (Å²) >= 11 is 0. The molecule has 1 aromatic carbocycles. The second-order valence-corrected chi connectivity index (χ2v) is 9.74. The van der Waals surface area contributed by atoms with E-state index in [1.165, 1.54) is 4.31 Å². The van der Waals surface area contributed by atoms with E-state index >= 15 is 0 Å². The highest BCUT2D eigenvalue weighted by atomic mass is 32.2. The first kappa shape index (κ1) is 21.6. The second-order valence-electron chi connectivity index (χ2n) is 7.80. The zero-order valence-electron chi connectivity index (χ0n) is 18.0. The van der Waals surface area contributed by atoms with Gasteiger partial charge in [0.25, 0.3) is 0 Å². The van der Waals surface area contributed by atoms with Crippen LogP contribution in [-0.4, -0.2) is 59.6 Å². The zero-order valence-corrected chi connectivity index (χ0v) is 18.8. The van der Waals surface area contributed by atoms with Crippen molar-refractivity contribution in [3.05, 3.63) is 52.8 Å². The molecule has 9 heteroatoms. The summed E-state index contributed by atoms with van der Waals surface area (Å²) < 4.78 is 33.9. The lowest BCUT2D eigenvalue weighted by Gasteiger charge is -2.26. The number of aryl methyl sites for hydroxylation is 4. The minimum atomic E-state index is -3.51. The fourth-order valence-corrected chi connectivity index (χ4v) is 5.35. The van der Waals surface area contributed by atoms with Crippen LogP contribution in [0.5, 0.6) is 0 Å². The van der Waals surface area contributed by atoms with E-state index in [-0.39, 0.29) is 10.7 Å². The Labute approximate surface area is 181 Å². The van der Waals surface area contributed by atoms with Crippen molar-refractivity contribution in [2.24, 2.45) is 7.05 Å². The number of carbonyl (C=O) groups is 1. The average molecular weight is 443 g/mol. The van der Waals surface area contributed by atoms with E-state index in [4.69, 9.17) is 4.74 Å². The summed E-state index contributed by atoms with van der Waals surface area (Å²) in [7, 11) is -1.69. The van der Waals surface area contributed by atoms with Gasteiger partial charge in [-0.25, -0.2) is 13.4 Å². The third-order valence-corrected chi connectivity index (χ3v) is 7.48. The monoisotopic (exact) mass is 442 g/mol. The molecule has 0 aliphatic carbocycles.